The molecular formula is C16H11LiO4. The van der Waals surface area contributed by atoms with Gasteiger partial charge in [-0.25, -0.2) is 0 Å². The van der Waals surface area contributed by atoms with Gasteiger partial charge in [-0.15, -0.1) is 6.61 Å². The van der Waals surface area contributed by atoms with E-state index in [0.717, 1.165) is 0 Å². The third-order valence-electron chi connectivity index (χ3n) is 3.26. The molecule has 0 aromatic heterocycles. The molecule has 2 aromatic rings. The van der Waals surface area contributed by atoms with Crippen LogP contribution in [0.1, 0.15) is 31.8 Å². The Kier molecular flexibility index (Phi) is 4.64. The predicted molar refractivity (Wildman–Crippen MR) is 70.1 cm³/mol. The zero-order chi connectivity index (χ0) is 14.1. The van der Waals surface area contributed by atoms with Crippen LogP contribution < -0.4 is 28.7 Å². The molecule has 0 N–H and O–H groups in total. The van der Waals surface area contributed by atoms with Crippen molar-refractivity contribution in [3.05, 3.63) is 64.7 Å². The minimum atomic E-state index is -0.400. The normalized spacial score (nSPS) is 12.2. The Hall–Kier alpha value is -1.86. The number of hydrogen-bond acceptors (Lipinski definition) is 4. The molecule has 0 radical (unpaired) electrons. The minimum absolute atomic E-state index is 0. The van der Waals surface area contributed by atoms with Crippen molar-refractivity contribution in [1.82, 2.24) is 0 Å². The van der Waals surface area contributed by atoms with E-state index in [1.54, 1.807) is 42.5 Å². The monoisotopic (exact) mass is 274 g/mol. The Bertz CT molecular complexity index is 709. The first-order chi connectivity index (χ1) is 9.74. The fourth-order valence-electron chi connectivity index (χ4n) is 2.39. The Morgan fingerprint density at radius 3 is 2.14 bits per heavy atom. The summed E-state index contributed by atoms with van der Waals surface area (Å²) in [6.07, 6.45) is 0. The molecule has 3 rings (SSSR count). The van der Waals surface area contributed by atoms with E-state index in [-0.39, 0.29) is 42.6 Å². The topological polar surface area (TPSA) is 66.4 Å². The first kappa shape index (κ1) is 15.5. The molecular weight excluding hydrogens is 263 g/mol. The van der Waals surface area contributed by atoms with E-state index in [0.29, 0.717) is 22.4 Å². The van der Waals surface area contributed by atoms with Gasteiger partial charge in [-0.2, -0.15) is 0 Å². The molecule has 0 aliphatic heterocycles. The van der Waals surface area contributed by atoms with Crippen molar-refractivity contribution in [3.63, 3.8) is 0 Å². The molecule has 4 nitrogen and oxygen atoms in total. The summed E-state index contributed by atoms with van der Waals surface area (Å²) in [6, 6.07) is 11.6. The fourth-order valence-corrected chi connectivity index (χ4v) is 2.39. The quantitative estimate of drug-likeness (QED) is 0.529. The molecule has 100 valence electrons. The van der Waals surface area contributed by atoms with E-state index in [1.165, 1.54) is 0 Å². The van der Waals surface area contributed by atoms with Crippen LogP contribution in [-0.4, -0.2) is 24.8 Å². The molecule has 0 spiro atoms. The number of carbonyl (C=O) groups is 2. The van der Waals surface area contributed by atoms with Crippen molar-refractivity contribution < 1.29 is 38.3 Å². The zero-order valence-electron chi connectivity index (χ0n) is 11.6. The van der Waals surface area contributed by atoms with E-state index in [1.807, 2.05) is 0 Å². The molecule has 0 bridgehead atoms. The number of ether oxygens (including phenoxy) is 1. The first-order valence-electron chi connectivity index (χ1n) is 6.26. The summed E-state index contributed by atoms with van der Waals surface area (Å²) in [5.74, 6) is -0.134. The Morgan fingerprint density at radius 2 is 1.48 bits per heavy atom. The van der Waals surface area contributed by atoms with Crippen molar-refractivity contribution in [2.45, 2.75) is 0 Å². The molecule has 0 fully saturated rings. The molecule has 5 heteroatoms. The van der Waals surface area contributed by atoms with Crippen molar-refractivity contribution >= 4 is 11.6 Å². The minimum Gasteiger partial charge on any atom is -0.852 e. The van der Waals surface area contributed by atoms with Gasteiger partial charge >= 0.3 is 18.9 Å². The molecule has 21 heavy (non-hydrogen) atoms. The largest absolute Gasteiger partial charge is 1.00 e. The van der Waals surface area contributed by atoms with E-state index in [9.17, 15) is 14.7 Å². The number of fused-ring (bicyclic) bond motifs is 2. The van der Waals surface area contributed by atoms with Gasteiger partial charge in [0.2, 0.25) is 0 Å². The Balaban J connectivity index is 0.00000161. The average Bonchev–Trinajstić information content (AvgIpc) is 2.50. The molecule has 1 aliphatic rings. The molecule has 1 aliphatic carbocycles. The summed E-state index contributed by atoms with van der Waals surface area (Å²) in [5, 5.41) is 10.5. The van der Waals surface area contributed by atoms with Gasteiger partial charge in [-0.3, -0.25) is 9.59 Å². The number of rotatable bonds is 3. The molecule has 0 amide bonds. The molecule has 2 aromatic carbocycles. The Morgan fingerprint density at radius 1 is 0.857 bits per heavy atom. The maximum atomic E-state index is 12.5. The standard InChI is InChI=1S/C16H11O4.Li/c17-8-9-20-13-7-3-6-12-14(13)16(19)11-5-2-1-4-10(11)15(12)18;/h1-7H,8-9H2;/q-1;+1. The number of hydrogen-bond donors (Lipinski definition) is 0. The zero-order valence-corrected chi connectivity index (χ0v) is 11.6. The second kappa shape index (κ2) is 6.27. The second-order valence-corrected chi connectivity index (χ2v) is 4.44. The van der Waals surface area contributed by atoms with Crippen LogP contribution >= 0.6 is 0 Å². The van der Waals surface area contributed by atoms with Crippen molar-refractivity contribution in [2.24, 2.45) is 0 Å². The van der Waals surface area contributed by atoms with Crippen molar-refractivity contribution in [1.29, 1.82) is 0 Å². The van der Waals surface area contributed by atoms with E-state index >= 15 is 0 Å². The molecule has 0 saturated carbocycles. The first-order valence-corrected chi connectivity index (χ1v) is 6.26. The number of ketones is 2. The van der Waals surface area contributed by atoms with Crippen LogP contribution in [0, 0.1) is 0 Å². The van der Waals surface area contributed by atoms with Crippen LogP contribution in [-0.2, 0) is 0 Å². The molecule has 0 heterocycles. The second-order valence-electron chi connectivity index (χ2n) is 4.44. The smallest absolute Gasteiger partial charge is 0.852 e. The van der Waals surface area contributed by atoms with Crippen LogP contribution in [0.5, 0.6) is 5.75 Å². The van der Waals surface area contributed by atoms with Crippen LogP contribution in [0.25, 0.3) is 0 Å². The van der Waals surface area contributed by atoms with Gasteiger partial charge in [-0.1, -0.05) is 36.4 Å². The van der Waals surface area contributed by atoms with E-state index in [2.05, 4.69) is 0 Å². The summed E-state index contributed by atoms with van der Waals surface area (Å²) in [6.45, 7) is -0.429. The third-order valence-corrected chi connectivity index (χ3v) is 3.26. The van der Waals surface area contributed by atoms with E-state index < -0.39 is 6.61 Å². The summed E-state index contributed by atoms with van der Waals surface area (Å²) >= 11 is 0. The van der Waals surface area contributed by atoms with Gasteiger partial charge in [0.1, 0.15) is 5.75 Å². The summed E-state index contributed by atoms with van der Waals surface area (Å²) in [5.41, 5.74) is 1.37. The fraction of sp³-hybridized carbons (Fsp3) is 0.125. The molecule has 0 unspecified atom stereocenters. The van der Waals surface area contributed by atoms with Gasteiger partial charge in [-0.05, 0) is 6.07 Å². The van der Waals surface area contributed by atoms with Crippen LogP contribution in [0.4, 0.5) is 0 Å². The van der Waals surface area contributed by atoms with Crippen LogP contribution in [0.2, 0.25) is 0 Å². The van der Waals surface area contributed by atoms with Crippen LogP contribution in [0.15, 0.2) is 42.5 Å². The van der Waals surface area contributed by atoms with Gasteiger partial charge in [0, 0.05) is 16.7 Å². The number of carbonyl (C=O) groups excluding carboxylic acids is 2. The maximum Gasteiger partial charge on any atom is 1.00 e. The van der Waals surface area contributed by atoms with Crippen molar-refractivity contribution in [2.75, 3.05) is 13.2 Å². The number of benzene rings is 2. The predicted octanol–water partition coefficient (Wildman–Crippen LogP) is -1.79. The molecule has 0 atom stereocenters. The third kappa shape index (κ3) is 2.54. The summed E-state index contributed by atoms with van der Waals surface area (Å²) in [7, 11) is 0. The van der Waals surface area contributed by atoms with Gasteiger partial charge < -0.3 is 9.84 Å². The maximum absolute atomic E-state index is 12.5. The average molecular weight is 274 g/mol. The summed E-state index contributed by atoms with van der Waals surface area (Å²) < 4.78 is 5.30. The molecule has 0 saturated heterocycles. The van der Waals surface area contributed by atoms with Gasteiger partial charge in [0.15, 0.2) is 11.6 Å². The van der Waals surface area contributed by atoms with Gasteiger partial charge in [0.25, 0.3) is 0 Å². The van der Waals surface area contributed by atoms with Gasteiger partial charge in [0.05, 0.1) is 12.2 Å². The summed E-state index contributed by atoms with van der Waals surface area (Å²) in [4.78, 5) is 24.9. The Labute approximate surface area is 133 Å². The van der Waals surface area contributed by atoms with E-state index in [4.69, 9.17) is 4.74 Å². The van der Waals surface area contributed by atoms with Crippen molar-refractivity contribution in [3.8, 4) is 5.75 Å². The SMILES string of the molecule is O=C1c2ccccc2C(=O)c2c(OCC[O-])cccc21.[Li+]. The van der Waals surface area contributed by atoms with Crippen LogP contribution in [0.3, 0.4) is 0 Å².